The summed E-state index contributed by atoms with van der Waals surface area (Å²) in [7, 11) is 0. The number of benzene rings is 2. The van der Waals surface area contributed by atoms with Crippen molar-refractivity contribution in [3.8, 4) is 0 Å². The quantitative estimate of drug-likeness (QED) is 0.0467. The van der Waals surface area contributed by atoms with E-state index >= 15 is 0 Å². The fourth-order valence-corrected chi connectivity index (χ4v) is 10.6. The second-order valence-corrected chi connectivity index (χ2v) is 21.5. The molecule has 2 nitrogen and oxygen atoms in total. The minimum absolute atomic E-state index is 0.963. The lowest BCUT2D eigenvalue weighted by Gasteiger charge is -2.11. The van der Waals surface area contributed by atoms with Crippen molar-refractivity contribution in [2.45, 2.75) is 310 Å². The van der Waals surface area contributed by atoms with E-state index in [4.69, 9.17) is 0 Å². The van der Waals surface area contributed by atoms with E-state index in [2.05, 4.69) is 88.4 Å². The van der Waals surface area contributed by atoms with Gasteiger partial charge in [0.1, 0.15) is 0 Å². The standard InChI is InChI=1S/C66H110N2/c1-5-9-13-16-18-20-22-24-25-26-27-28-29-30-31-32-33-35-37-39-41-43-46-50-64-63(49-45-42-40-38-36-34-23-21-19-17-14-10-6-2)65(61-55-51-59(52-56-61)47-12-8-4)68(67)66(64)62-57-53-60(54-58-62)48-44-15-11-7-3/h45,49,51-58H,5-44,46-48,50H2,1-4H3. The van der Waals surface area contributed by atoms with Gasteiger partial charge in [-0.2, -0.15) is 0 Å². The molecule has 0 amide bonds. The van der Waals surface area contributed by atoms with Crippen molar-refractivity contribution >= 4 is 11.4 Å². The molecule has 0 saturated heterocycles. The normalized spacial score (nSPS) is 13.1. The molecule has 0 radical (unpaired) electrons. The molecular weight excluding hydrogens is 821 g/mol. The summed E-state index contributed by atoms with van der Waals surface area (Å²) < 4.78 is 1.58. The molecule has 0 N–H and O–H groups in total. The summed E-state index contributed by atoms with van der Waals surface area (Å²) in [5.41, 5.74) is 21.9. The van der Waals surface area contributed by atoms with Crippen LogP contribution < -0.4 is 0 Å². The molecule has 0 atom stereocenters. The Kier molecular flexibility index (Phi) is 36.8. The van der Waals surface area contributed by atoms with E-state index in [1.54, 1.807) is 4.70 Å². The molecule has 68 heavy (non-hydrogen) atoms. The monoisotopic (exact) mass is 931 g/mol. The molecule has 0 bridgehead atoms. The maximum absolute atomic E-state index is 12.3. The van der Waals surface area contributed by atoms with E-state index in [0.29, 0.717) is 0 Å². The van der Waals surface area contributed by atoms with Gasteiger partial charge in [-0.15, -0.1) is 0 Å². The second-order valence-electron chi connectivity index (χ2n) is 21.5. The van der Waals surface area contributed by atoms with Crippen LogP contribution in [0.1, 0.15) is 320 Å². The van der Waals surface area contributed by atoms with Gasteiger partial charge in [-0.25, -0.2) is 4.70 Å². The van der Waals surface area contributed by atoms with Gasteiger partial charge >= 0.3 is 0 Å². The van der Waals surface area contributed by atoms with E-state index in [0.717, 1.165) is 48.2 Å². The maximum Gasteiger partial charge on any atom is 0.215 e. The molecule has 2 aromatic rings. The third-order valence-electron chi connectivity index (χ3n) is 15.2. The van der Waals surface area contributed by atoms with Gasteiger partial charge in [0.2, 0.25) is 11.4 Å². The largest absolute Gasteiger partial charge is 0.493 e. The molecule has 1 heterocycles. The van der Waals surface area contributed by atoms with E-state index in [1.807, 2.05) is 0 Å². The van der Waals surface area contributed by atoms with Crippen molar-refractivity contribution in [3.63, 3.8) is 0 Å². The molecule has 1 aliphatic rings. The van der Waals surface area contributed by atoms with Crippen molar-refractivity contribution in [2.75, 3.05) is 0 Å². The molecule has 2 aromatic carbocycles. The lowest BCUT2D eigenvalue weighted by Crippen LogP contribution is -2.03. The first kappa shape index (κ1) is 59.6. The molecule has 0 aliphatic carbocycles. The fourth-order valence-electron chi connectivity index (χ4n) is 10.6. The van der Waals surface area contributed by atoms with Gasteiger partial charge in [-0.05, 0) is 86.8 Å². The lowest BCUT2D eigenvalue weighted by molar-refractivity contribution is -0.345. The topological polar surface area (TPSA) is 25.3 Å². The van der Waals surface area contributed by atoms with Crippen LogP contribution in [0.2, 0.25) is 0 Å². The van der Waals surface area contributed by atoms with Crippen molar-refractivity contribution in [1.29, 1.82) is 0 Å². The van der Waals surface area contributed by atoms with Crippen LogP contribution in [-0.4, -0.2) is 4.70 Å². The van der Waals surface area contributed by atoms with Gasteiger partial charge in [0, 0.05) is 16.7 Å². The average molecular weight is 932 g/mol. The van der Waals surface area contributed by atoms with Crippen LogP contribution in [0.15, 0.2) is 71.8 Å². The predicted molar refractivity (Wildman–Crippen MR) is 304 cm³/mol. The van der Waals surface area contributed by atoms with Crippen LogP contribution in [0, 0.1) is 0 Å². The highest BCUT2D eigenvalue weighted by atomic mass is 15.2. The number of unbranched alkanes of at least 4 members (excludes halogenated alkanes) is 37. The maximum atomic E-state index is 12.3. The van der Waals surface area contributed by atoms with Crippen LogP contribution in [0.5, 0.6) is 0 Å². The zero-order valence-corrected chi connectivity index (χ0v) is 45.8. The molecule has 0 unspecified atom stereocenters. The molecule has 0 aromatic heterocycles. The summed E-state index contributed by atoms with van der Waals surface area (Å²) in [5, 5.41) is 0. The zero-order valence-electron chi connectivity index (χ0n) is 45.8. The Balaban J connectivity index is 1.53. The van der Waals surface area contributed by atoms with Crippen molar-refractivity contribution in [1.82, 2.24) is 0 Å². The minimum atomic E-state index is 0.963. The van der Waals surface area contributed by atoms with Gasteiger partial charge < -0.3 is 5.53 Å². The van der Waals surface area contributed by atoms with E-state index < -0.39 is 0 Å². The van der Waals surface area contributed by atoms with Crippen molar-refractivity contribution in [2.24, 2.45) is 0 Å². The van der Waals surface area contributed by atoms with Gasteiger partial charge in [-0.1, -0.05) is 295 Å². The number of aryl methyl sites for hydroxylation is 2. The highest BCUT2D eigenvalue weighted by molar-refractivity contribution is 5.84. The fraction of sp³-hybridized carbons (Fsp3) is 0.727. The molecular formula is C66H110N2. The van der Waals surface area contributed by atoms with Gasteiger partial charge in [-0.3, -0.25) is 0 Å². The molecule has 0 saturated carbocycles. The number of rotatable bonds is 47. The van der Waals surface area contributed by atoms with E-state index in [-0.39, 0.29) is 0 Å². The zero-order chi connectivity index (χ0) is 48.4. The first-order valence-electron chi connectivity index (χ1n) is 30.5. The van der Waals surface area contributed by atoms with Gasteiger partial charge in [0.25, 0.3) is 0 Å². The number of nitrogens with zero attached hydrogens (tertiary/aromatic N) is 2. The summed E-state index contributed by atoms with van der Waals surface area (Å²) in [6.45, 7) is 9.18. The average Bonchev–Trinajstić information content (AvgIpc) is 3.63. The number of hydrogen-bond donors (Lipinski definition) is 0. The molecule has 2 heteroatoms. The summed E-state index contributed by atoms with van der Waals surface area (Å²) in [6, 6.07) is 18.3. The predicted octanol–water partition coefficient (Wildman–Crippen LogP) is 23.0. The Morgan fingerprint density at radius 1 is 0.324 bits per heavy atom. The van der Waals surface area contributed by atoms with Crippen LogP contribution in [-0.2, 0) is 12.8 Å². The second kappa shape index (κ2) is 42.0. The van der Waals surface area contributed by atoms with Crippen LogP contribution in [0.3, 0.4) is 0 Å². The minimum Gasteiger partial charge on any atom is -0.493 e. The molecule has 1 aliphatic heterocycles. The molecule has 3 rings (SSSR count). The molecule has 0 fully saturated rings. The highest BCUT2D eigenvalue weighted by Gasteiger charge is 2.34. The summed E-state index contributed by atoms with van der Waals surface area (Å²) in [6.07, 6.45) is 64.3. The smallest absolute Gasteiger partial charge is 0.215 e. The summed E-state index contributed by atoms with van der Waals surface area (Å²) in [5.74, 6) is 0. The lowest BCUT2D eigenvalue weighted by atomic mass is 9.93. The molecule has 384 valence electrons. The highest BCUT2D eigenvalue weighted by Crippen LogP contribution is 2.43. The Labute approximate surface area is 424 Å². The van der Waals surface area contributed by atoms with E-state index in [9.17, 15) is 5.53 Å². The Morgan fingerprint density at radius 2 is 0.618 bits per heavy atom. The van der Waals surface area contributed by atoms with Crippen molar-refractivity contribution < 1.29 is 4.70 Å². The van der Waals surface area contributed by atoms with Gasteiger partial charge in [0.15, 0.2) is 0 Å². The first-order valence-corrected chi connectivity index (χ1v) is 30.5. The van der Waals surface area contributed by atoms with Crippen molar-refractivity contribution in [3.05, 3.63) is 99.6 Å². The Morgan fingerprint density at radius 3 is 1.00 bits per heavy atom. The Bertz CT molecular complexity index is 1590. The first-order chi connectivity index (χ1) is 33.6. The number of allylic oxidation sites excluding steroid dienone is 4. The van der Waals surface area contributed by atoms with E-state index in [1.165, 1.54) is 279 Å². The summed E-state index contributed by atoms with van der Waals surface area (Å²) >= 11 is 0. The number of hydrogen-bond acceptors (Lipinski definition) is 0. The molecule has 0 spiro atoms. The Hall–Kier alpha value is -2.74. The SMILES string of the molecule is CCCCCCCCCCCCCC=CC1=C(c2ccc(CCCC)cc2)[N+](=[N-])C(c2ccc(CCCCCC)cc2)=C1CCCCCCCCCCCCCCCCCCCCCCCCC. The van der Waals surface area contributed by atoms with Crippen LogP contribution >= 0.6 is 0 Å². The third kappa shape index (κ3) is 27.0. The van der Waals surface area contributed by atoms with Gasteiger partial charge in [0.05, 0.1) is 5.57 Å². The third-order valence-corrected chi connectivity index (χ3v) is 15.2. The van der Waals surface area contributed by atoms with Crippen LogP contribution in [0.4, 0.5) is 0 Å². The van der Waals surface area contributed by atoms with Crippen LogP contribution in [0.25, 0.3) is 16.9 Å². The summed E-state index contributed by atoms with van der Waals surface area (Å²) in [4.78, 5) is 0.